The number of hydrogen-bond donors (Lipinski definition) is 0. The van der Waals surface area contributed by atoms with E-state index in [1.807, 2.05) is 25.1 Å². The second kappa shape index (κ2) is 4.47. The number of nitriles is 1. The molecule has 17 heavy (non-hydrogen) atoms. The highest BCUT2D eigenvalue weighted by molar-refractivity contribution is 5.57. The third-order valence-corrected chi connectivity index (χ3v) is 3.16. The molecule has 1 unspecified atom stereocenters. The van der Waals surface area contributed by atoms with Crippen molar-refractivity contribution in [3.63, 3.8) is 0 Å². The zero-order chi connectivity index (χ0) is 12.4. The van der Waals surface area contributed by atoms with Crippen LogP contribution in [0.1, 0.15) is 24.0 Å². The number of benzene rings is 1. The Morgan fingerprint density at radius 1 is 1.29 bits per heavy atom. The van der Waals surface area contributed by atoms with Gasteiger partial charge in [-0.05, 0) is 24.6 Å². The Bertz CT molecular complexity index is 530. The summed E-state index contributed by atoms with van der Waals surface area (Å²) < 4.78 is 0. The molecule has 0 saturated carbocycles. The molecule has 0 N–H and O–H groups in total. The van der Waals surface area contributed by atoms with Crippen molar-refractivity contribution in [1.29, 1.82) is 5.26 Å². The van der Waals surface area contributed by atoms with Crippen LogP contribution in [-0.4, -0.2) is 14.1 Å². The first-order chi connectivity index (χ1) is 8.13. The first kappa shape index (κ1) is 11.5. The predicted octanol–water partition coefficient (Wildman–Crippen LogP) is 3.22. The van der Waals surface area contributed by atoms with Gasteiger partial charge in [-0.2, -0.15) is 5.26 Å². The fourth-order valence-corrected chi connectivity index (χ4v) is 2.11. The van der Waals surface area contributed by atoms with Gasteiger partial charge in [0.2, 0.25) is 0 Å². The first-order valence-electron chi connectivity index (χ1n) is 5.70. The number of rotatable bonds is 2. The summed E-state index contributed by atoms with van der Waals surface area (Å²) in [6, 6.07) is 8.38. The summed E-state index contributed by atoms with van der Waals surface area (Å²) in [5, 5.41) is 9.26. The molecule has 2 nitrogen and oxygen atoms in total. The summed E-state index contributed by atoms with van der Waals surface area (Å²) in [7, 11) is 3.97. The fraction of sp³-hybridized carbons (Fsp3) is 0.267. The second-order valence-corrected chi connectivity index (χ2v) is 4.55. The molecule has 1 atom stereocenters. The van der Waals surface area contributed by atoms with E-state index in [0.717, 1.165) is 16.8 Å². The topological polar surface area (TPSA) is 27.0 Å². The van der Waals surface area contributed by atoms with Crippen LogP contribution in [0.2, 0.25) is 0 Å². The van der Waals surface area contributed by atoms with Gasteiger partial charge in [0.05, 0.1) is 11.6 Å². The van der Waals surface area contributed by atoms with Crippen molar-refractivity contribution in [2.45, 2.75) is 12.8 Å². The summed E-state index contributed by atoms with van der Waals surface area (Å²) in [5.74, 6) is 0.265. The van der Waals surface area contributed by atoms with Gasteiger partial charge in [0.25, 0.3) is 0 Å². The van der Waals surface area contributed by atoms with E-state index in [9.17, 15) is 5.26 Å². The summed E-state index contributed by atoms with van der Waals surface area (Å²) in [4.78, 5) is 2.01. The maximum absolute atomic E-state index is 9.26. The lowest BCUT2D eigenvalue weighted by Gasteiger charge is -2.17. The molecular weight excluding hydrogens is 208 g/mol. The molecular formula is C15H16N2. The average Bonchev–Trinajstić information content (AvgIpc) is 2.74. The van der Waals surface area contributed by atoms with Gasteiger partial charge in [0, 0.05) is 25.7 Å². The van der Waals surface area contributed by atoms with Gasteiger partial charge in [0.15, 0.2) is 0 Å². The molecule has 0 spiro atoms. The second-order valence-electron chi connectivity index (χ2n) is 4.55. The lowest BCUT2D eigenvalue weighted by molar-refractivity contribution is 1.00. The van der Waals surface area contributed by atoms with Crippen molar-refractivity contribution in [2.24, 2.45) is 0 Å². The van der Waals surface area contributed by atoms with Crippen molar-refractivity contribution in [2.75, 3.05) is 19.0 Å². The molecule has 0 fully saturated rings. The molecule has 2 rings (SSSR count). The average molecular weight is 224 g/mol. The highest BCUT2D eigenvalue weighted by Gasteiger charge is 2.17. The van der Waals surface area contributed by atoms with Crippen LogP contribution >= 0.6 is 0 Å². The first-order valence-corrected chi connectivity index (χ1v) is 5.70. The molecule has 0 aromatic heterocycles. The maximum Gasteiger partial charge on any atom is 0.0995 e. The van der Waals surface area contributed by atoms with Gasteiger partial charge in [-0.15, -0.1) is 0 Å². The van der Waals surface area contributed by atoms with Crippen LogP contribution in [-0.2, 0) is 0 Å². The lowest BCUT2D eigenvalue weighted by atomic mass is 9.91. The molecule has 0 saturated heterocycles. The van der Waals surface area contributed by atoms with Crippen molar-refractivity contribution >= 4 is 5.69 Å². The summed E-state index contributed by atoms with van der Waals surface area (Å²) in [6.45, 7) is 2.10. The molecule has 2 heteroatoms. The number of allylic oxidation sites excluding steroid dienone is 4. The van der Waals surface area contributed by atoms with Crippen LogP contribution < -0.4 is 4.90 Å². The Morgan fingerprint density at radius 2 is 2.06 bits per heavy atom. The van der Waals surface area contributed by atoms with E-state index in [2.05, 4.69) is 43.4 Å². The molecule has 0 aliphatic heterocycles. The largest absolute Gasteiger partial charge is 0.378 e. The molecule has 1 aromatic carbocycles. The molecule has 0 amide bonds. The Balaban J connectivity index is 2.46. The minimum atomic E-state index is 0.265. The van der Waals surface area contributed by atoms with Gasteiger partial charge in [0.1, 0.15) is 0 Å². The third kappa shape index (κ3) is 2.09. The van der Waals surface area contributed by atoms with Crippen LogP contribution in [0.3, 0.4) is 0 Å². The zero-order valence-corrected chi connectivity index (χ0v) is 10.4. The van der Waals surface area contributed by atoms with Crippen LogP contribution in [0.4, 0.5) is 5.69 Å². The normalized spacial score (nSPS) is 17.8. The van der Waals surface area contributed by atoms with Crippen LogP contribution in [0.25, 0.3) is 0 Å². The van der Waals surface area contributed by atoms with Crippen molar-refractivity contribution in [3.05, 3.63) is 53.1 Å². The number of anilines is 1. The Hall–Kier alpha value is -2.01. The van der Waals surface area contributed by atoms with Crippen molar-refractivity contribution in [1.82, 2.24) is 0 Å². The van der Waals surface area contributed by atoms with Crippen LogP contribution in [0, 0.1) is 11.3 Å². The monoisotopic (exact) mass is 224 g/mol. The van der Waals surface area contributed by atoms with Crippen molar-refractivity contribution < 1.29 is 0 Å². The van der Waals surface area contributed by atoms with E-state index in [1.54, 1.807) is 0 Å². The molecule has 1 aliphatic carbocycles. The molecule has 0 radical (unpaired) electrons. The van der Waals surface area contributed by atoms with E-state index in [4.69, 9.17) is 0 Å². The standard InChI is InChI=1S/C15H16N2/c1-11-5-4-6-14(11)15-8-7-13(17(2)3)9-12(15)10-16/h4-9,14H,1-3H3. The highest BCUT2D eigenvalue weighted by atomic mass is 15.1. The molecule has 1 aromatic rings. The lowest BCUT2D eigenvalue weighted by Crippen LogP contribution is -2.09. The fourth-order valence-electron chi connectivity index (χ4n) is 2.11. The van der Waals surface area contributed by atoms with E-state index >= 15 is 0 Å². The van der Waals surface area contributed by atoms with Crippen molar-refractivity contribution in [3.8, 4) is 6.07 Å². The summed E-state index contributed by atoms with van der Waals surface area (Å²) in [6.07, 6.45) is 6.30. The van der Waals surface area contributed by atoms with E-state index < -0.39 is 0 Å². The molecule has 86 valence electrons. The van der Waals surface area contributed by atoms with E-state index in [1.165, 1.54) is 5.57 Å². The Labute approximate surface area is 102 Å². The molecule has 0 bridgehead atoms. The zero-order valence-electron chi connectivity index (χ0n) is 10.4. The third-order valence-electron chi connectivity index (χ3n) is 3.16. The smallest absolute Gasteiger partial charge is 0.0995 e. The maximum atomic E-state index is 9.26. The van der Waals surface area contributed by atoms with Crippen LogP contribution in [0.5, 0.6) is 0 Å². The molecule has 0 heterocycles. The van der Waals surface area contributed by atoms with Gasteiger partial charge in [-0.25, -0.2) is 0 Å². The van der Waals surface area contributed by atoms with E-state index in [-0.39, 0.29) is 5.92 Å². The SMILES string of the molecule is CC1=CC=CC1c1ccc(N(C)C)cc1C#N. The number of hydrogen-bond acceptors (Lipinski definition) is 2. The predicted molar refractivity (Wildman–Crippen MR) is 71.1 cm³/mol. The van der Waals surface area contributed by atoms with Gasteiger partial charge < -0.3 is 4.90 Å². The highest BCUT2D eigenvalue weighted by Crippen LogP contribution is 2.33. The summed E-state index contributed by atoms with van der Waals surface area (Å²) >= 11 is 0. The van der Waals surface area contributed by atoms with Gasteiger partial charge >= 0.3 is 0 Å². The number of nitrogens with zero attached hydrogens (tertiary/aromatic N) is 2. The Morgan fingerprint density at radius 3 is 2.59 bits per heavy atom. The van der Waals surface area contributed by atoms with Crippen LogP contribution in [0.15, 0.2) is 42.0 Å². The quantitative estimate of drug-likeness (QED) is 0.771. The minimum absolute atomic E-state index is 0.265. The van der Waals surface area contributed by atoms with Gasteiger partial charge in [-0.3, -0.25) is 0 Å². The van der Waals surface area contributed by atoms with E-state index in [0.29, 0.717) is 0 Å². The minimum Gasteiger partial charge on any atom is -0.378 e. The molecule has 1 aliphatic rings. The Kier molecular flexibility index (Phi) is 3.01. The van der Waals surface area contributed by atoms with Gasteiger partial charge in [-0.1, -0.05) is 29.9 Å². The summed E-state index contributed by atoms with van der Waals surface area (Å²) in [5.41, 5.74) is 4.22.